The molecule has 6 heteroatoms. The van der Waals surface area contributed by atoms with Gasteiger partial charge in [0, 0.05) is 17.8 Å². The van der Waals surface area contributed by atoms with Gasteiger partial charge in [-0.3, -0.25) is 14.5 Å². The van der Waals surface area contributed by atoms with Crippen LogP contribution in [0, 0.1) is 0 Å². The van der Waals surface area contributed by atoms with E-state index in [4.69, 9.17) is 16.3 Å². The normalized spacial score (nSPS) is 13.7. The highest BCUT2D eigenvalue weighted by Crippen LogP contribution is 2.35. The lowest BCUT2D eigenvalue weighted by atomic mass is 10.0. The number of halogens is 1. The summed E-state index contributed by atoms with van der Waals surface area (Å²) in [4.78, 5) is 30.0. The van der Waals surface area contributed by atoms with Crippen LogP contribution in [0.2, 0.25) is 5.02 Å². The number of imide groups is 1. The number of anilines is 1. The maximum atomic E-state index is 13.5. The van der Waals surface area contributed by atoms with Crippen LogP contribution in [0.15, 0.2) is 84.6 Å². The summed E-state index contributed by atoms with van der Waals surface area (Å²) in [7, 11) is 3.37. The zero-order chi connectivity index (χ0) is 22.0. The number of ether oxygens (including phenoxy) is 1. The minimum Gasteiger partial charge on any atom is -0.497 e. The van der Waals surface area contributed by atoms with Crippen LogP contribution < -0.4 is 9.64 Å². The van der Waals surface area contributed by atoms with E-state index in [1.807, 2.05) is 48.5 Å². The average Bonchev–Trinajstić information content (AvgIpc) is 3.05. The summed E-state index contributed by atoms with van der Waals surface area (Å²) < 4.78 is 5.23. The van der Waals surface area contributed by atoms with Crippen LogP contribution in [0.5, 0.6) is 5.75 Å². The molecule has 0 unspecified atom stereocenters. The van der Waals surface area contributed by atoms with E-state index in [1.54, 1.807) is 49.4 Å². The van der Waals surface area contributed by atoms with Crippen LogP contribution in [-0.4, -0.2) is 30.9 Å². The molecule has 3 aromatic rings. The first kappa shape index (κ1) is 20.7. The van der Waals surface area contributed by atoms with Crippen molar-refractivity contribution in [3.05, 3.63) is 101 Å². The van der Waals surface area contributed by atoms with E-state index in [0.717, 1.165) is 5.69 Å². The molecule has 1 aliphatic heterocycles. The molecule has 1 heterocycles. The first-order chi connectivity index (χ1) is 15.0. The van der Waals surface area contributed by atoms with Crippen molar-refractivity contribution in [2.24, 2.45) is 0 Å². The summed E-state index contributed by atoms with van der Waals surface area (Å²) in [6.07, 6.45) is 0. The van der Waals surface area contributed by atoms with Crippen molar-refractivity contribution in [2.75, 3.05) is 19.1 Å². The Morgan fingerprint density at radius 3 is 2.16 bits per heavy atom. The molecule has 156 valence electrons. The highest BCUT2D eigenvalue weighted by atomic mass is 35.5. The topological polar surface area (TPSA) is 49.9 Å². The molecule has 0 atom stereocenters. The molecule has 3 aromatic carbocycles. The molecule has 0 aliphatic carbocycles. The second kappa shape index (κ2) is 8.66. The minimum absolute atomic E-state index is 0.100. The summed E-state index contributed by atoms with van der Waals surface area (Å²) in [5.74, 6) is -0.0398. The largest absolute Gasteiger partial charge is 0.497 e. The number of para-hydroxylation sites is 1. The van der Waals surface area contributed by atoms with Crippen molar-refractivity contribution in [3.8, 4) is 5.75 Å². The molecule has 0 radical (unpaired) electrons. The number of rotatable bonds is 6. The first-order valence-corrected chi connectivity index (χ1v) is 10.2. The number of benzene rings is 3. The van der Waals surface area contributed by atoms with Crippen molar-refractivity contribution >= 4 is 34.7 Å². The number of methoxy groups -OCH3 is 1. The minimum atomic E-state index is -0.359. The van der Waals surface area contributed by atoms with E-state index >= 15 is 0 Å². The fourth-order valence-corrected chi connectivity index (χ4v) is 3.81. The Morgan fingerprint density at radius 1 is 0.871 bits per heavy atom. The molecule has 0 bridgehead atoms. The van der Waals surface area contributed by atoms with Gasteiger partial charge in [-0.25, -0.2) is 0 Å². The average molecular weight is 433 g/mol. The smallest absolute Gasteiger partial charge is 0.278 e. The molecule has 31 heavy (non-hydrogen) atoms. The molecule has 0 fully saturated rings. The first-order valence-electron chi connectivity index (χ1n) is 9.78. The molecule has 4 rings (SSSR count). The second-order valence-electron chi connectivity index (χ2n) is 7.13. The van der Waals surface area contributed by atoms with Gasteiger partial charge in [-0.1, -0.05) is 60.1 Å². The van der Waals surface area contributed by atoms with Crippen LogP contribution in [0.3, 0.4) is 0 Å². The van der Waals surface area contributed by atoms with E-state index in [1.165, 1.54) is 4.90 Å². The molecule has 0 saturated carbocycles. The molecule has 0 spiro atoms. The van der Waals surface area contributed by atoms with Gasteiger partial charge >= 0.3 is 0 Å². The second-order valence-corrected chi connectivity index (χ2v) is 7.54. The summed E-state index contributed by atoms with van der Waals surface area (Å²) >= 11 is 6.29. The number of likely N-dealkylation sites (N-methyl/N-ethyl adjacent to an activating group) is 1. The van der Waals surface area contributed by atoms with Gasteiger partial charge < -0.3 is 9.64 Å². The lowest BCUT2D eigenvalue weighted by molar-refractivity contribution is -0.137. The number of carbonyl (C=O) groups is 2. The molecule has 0 N–H and O–H groups in total. The van der Waals surface area contributed by atoms with Crippen molar-refractivity contribution in [2.45, 2.75) is 6.54 Å². The molecule has 2 amide bonds. The molecule has 5 nitrogen and oxygen atoms in total. The Hall–Kier alpha value is -3.57. The summed E-state index contributed by atoms with van der Waals surface area (Å²) in [5.41, 5.74) is 2.85. The van der Waals surface area contributed by atoms with Crippen LogP contribution in [-0.2, 0) is 16.1 Å². The Balaban J connectivity index is 1.79. The third-order valence-corrected chi connectivity index (χ3v) is 5.66. The number of hydrogen-bond acceptors (Lipinski definition) is 4. The highest BCUT2D eigenvalue weighted by Gasteiger charge is 2.41. The molecule has 0 aromatic heterocycles. The van der Waals surface area contributed by atoms with E-state index in [-0.39, 0.29) is 18.4 Å². The summed E-state index contributed by atoms with van der Waals surface area (Å²) in [6.45, 7) is 0.100. The quantitative estimate of drug-likeness (QED) is 0.527. The summed E-state index contributed by atoms with van der Waals surface area (Å²) in [6, 6.07) is 23.8. The SMILES string of the molecule is COc1ccc(C2=C(N(C)c3ccccc3)C(=O)N(Cc3ccccc3Cl)C2=O)cc1. The fraction of sp³-hybridized carbons (Fsp3) is 0.120. The highest BCUT2D eigenvalue weighted by molar-refractivity contribution is 6.37. The zero-order valence-electron chi connectivity index (χ0n) is 17.2. The van der Waals surface area contributed by atoms with Gasteiger partial charge in [0.05, 0.1) is 19.2 Å². The van der Waals surface area contributed by atoms with Crippen LogP contribution >= 0.6 is 11.6 Å². The van der Waals surface area contributed by atoms with Gasteiger partial charge in [-0.2, -0.15) is 0 Å². The van der Waals surface area contributed by atoms with E-state index in [2.05, 4.69) is 0 Å². The number of amides is 2. The number of hydrogen-bond donors (Lipinski definition) is 0. The third-order valence-electron chi connectivity index (χ3n) is 5.29. The lowest BCUT2D eigenvalue weighted by Gasteiger charge is -2.21. The Bertz CT molecular complexity index is 1160. The maximum Gasteiger partial charge on any atom is 0.278 e. The standard InChI is InChI=1S/C25H21ClN2O3/c1-27(19-9-4-3-5-10-19)23-22(17-12-14-20(31-2)15-13-17)24(29)28(25(23)30)16-18-8-6-7-11-21(18)26/h3-15H,16H2,1-2H3. The molecular weight excluding hydrogens is 412 g/mol. The van der Waals surface area contributed by atoms with Gasteiger partial charge in [0.1, 0.15) is 11.4 Å². The molecular formula is C25H21ClN2O3. The van der Waals surface area contributed by atoms with Crippen LogP contribution in [0.1, 0.15) is 11.1 Å². The number of nitrogens with zero attached hydrogens (tertiary/aromatic N) is 2. The number of carbonyl (C=O) groups excluding carboxylic acids is 2. The van der Waals surface area contributed by atoms with Crippen LogP contribution in [0.4, 0.5) is 5.69 Å². The van der Waals surface area contributed by atoms with E-state index < -0.39 is 0 Å². The zero-order valence-corrected chi connectivity index (χ0v) is 18.0. The van der Waals surface area contributed by atoms with Crippen molar-refractivity contribution < 1.29 is 14.3 Å². The van der Waals surface area contributed by atoms with Gasteiger partial charge in [0.2, 0.25) is 0 Å². The third kappa shape index (κ3) is 3.92. The van der Waals surface area contributed by atoms with Gasteiger partial charge in [0.15, 0.2) is 0 Å². The van der Waals surface area contributed by atoms with Crippen molar-refractivity contribution in [3.63, 3.8) is 0 Å². The van der Waals surface area contributed by atoms with Gasteiger partial charge in [-0.05, 0) is 41.5 Å². The Kier molecular flexibility index (Phi) is 5.78. The van der Waals surface area contributed by atoms with Crippen molar-refractivity contribution in [1.29, 1.82) is 0 Å². The van der Waals surface area contributed by atoms with Gasteiger partial charge in [-0.15, -0.1) is 0 Å². The summed E-state index contributed by atoms with van der Waals surface area (Å²) in [5, 5.41) is 0.513. The monoisotopic (exact) mass is 432 g/mol. The predicted octanol–water partition coefficient (Wildman–Crippen LogP) is 4.77. The molecule has 1 aliphatic rings. The fourth-order valence-electron chi connectivity index (χ4n) is 3.61. The Labute approximate surface area is 186 Å². The predicted molar refractivity (Wildman–Crippen MR) is 122 cm³/mol. The van der Waals surface area contributed by atoms with E-state index in [0.29, 0.717) is 33.2 Å². The van der Waals surface area contributed by atoms with Crippen molar-refractivity contribution in [1.82, 2.24) is 4.90 Å². The van der Waals surface area contributed by atoms with Gasteiger partial charge in [0.25, 0.3) is 11.8 Å². The Morgan fingerprint density at radius 2 is 1.52 bits per heavy atom. The lowest BCUT2D eigenvalue weighted by Crippen LogP contribution is -2.33. The van der Waals surface area contributed by atoms with E-state index in [9.17, 15) is 9.59 Å². The van der Waals surface area contributed by atoms with Crippen LogP contribution in [0.25, 0.3) is 5.57 Å². The molecule has 0 saturated heterocycles. The maximum absolute atomic E-state index is 13.5.